The summed E-state index contributed by atoms with van der Waals surface area (Å²) in [6.45, 7) is 2.89. The van der Waals surface area contributed by atoms with Crippen molar-refractivity contribution in [2.24, 2.45) is 0 Å². The van der Waals surface area contributed by atoms with Crippen molar-refractivity contribution in [3.8, 4) is 0 Å². The number of hydrogen-bond donors (Lipinski definition) is 9. The van der Waals surface area contributed by atoms with Crippen LogP contribution in [0.15, 0.2) is 0 Å². The molecule has 0 aliphatic carbocycles. The lowest BCUT2D eigenvalue weighted by Crippen LogP contribution is -2.65. The average Bonchev–Trinajstić information content (AvgIpc) is 3.35. The molecule has 12 atom stereocenters. The molecule has 0 radical (unpaired) electrons. The quantitative estimate of drug-likeness (QED) is 0.0260. The summed E-state index contributed by atoms with van der Waals surface area (Å²) >= 11 is 0. The van der Waals surface area contributed by atoms with E-state index in [0.29, 0.717) is 12.8 Å². The minimum absolute atomic E-state index is 0.201. The molecule has 0 aromatic heterocycles. The molecule has 2 heterocycles. The fraction of sp³-hybridized carbons (Fsp3) is 0.982. The largest absolute Gasteiger partial charge is 0.394 e. The molecule has 2 fully saturated rings. The van der Waals surface area contributed by atoms with Gasteiger partial charge in [-0.05, 0) is 12.8 Å². The first-order chi connectivity index (χ1) is 33.6. The second-order valence-corrected chi connectivity index (χ2v) is 20.8. The van der Waals surface area contributed by atoms with Gasteiger partial charge in [0, 0.05) is 6.42 Å². The Morgan fingerprint density at radius 3 is 1.23 bits per heavy atom. The van der Waals surface area contributed by atoms with Gasteiger partial charge in [0.15, 0.2) is 12.6 Å². The van der Waals surface area contributed by atoms with E-state index in [1.807, 2.05) is 0 Å². The van der Waals surface area contributed by atoms with Crippen LogP contribution in [-0.2, 0) is 23.7 Å². The molecular formula is C55H107NO13. The predicted molar refractivity (Wildman–Crippen MR) is 272 cm³/mol. The third kappa shape index (κ3) is 28.9. The number of unbranched alkanes of at least 4 members (excludes halogenated alkanes) is 33. The molecule has 410 valence electrons. The Morgan fingerprint density at radius 2 is 0.826 bits per heavy atom. The van der Waals surface area contributed by atoms with Gasteiger partial charge < -0.3 is 65.1 Å². The Kier molecular flexibility index (Phi) is 39.4. The molecule has 0 bridgehead atoms. The summed E-state index contributed by atoms with van der Waals surface area (Å²) < 4.78 is 22.8. The van der Waals surface area contributed by atoms with E-state index in [9.17, 15) is 45.6 Å². The Labute approximate surface area is 419 Å². The maximum absolute atomic E-state index is 13.2. The van der Waals surface area contributed by atoms with E-state index in [2.05, 4.69) is 19.2 Å². The Morgan fingerprint density at radius 1 is 0.464 bits per heavy atom. The summed E-state index contributed by atoms with van der Waals surface area (Å²) in [5, 5.41) is 87.1. The highest BCUT2D eigenvalue weighted by Gasteiger charge is 2.51. The molecule has 0 aromatic carbocycles. The lowest BCUT2D eigenvalue weighted by atomic mass is 9.97. The number of carbonyl (C=O) groups is 1. The van der Waals surface area contributed by atoms with Crippen molar-refractivity contribution >= 4 is 5.91 Å². The molecule has 2 saturated heterocycles. The van der Waals surface area contributed by atoms with Crippen LogP contribution >= 0.6 is 0 Å². The lowest BCUT2D eigenvalue weighted by Gasteiger charge is -2.46. The van der Waals surface area contributed by atoms with E-state index < -0.39 is 86.8 Å². The van der Waals surface area contributed by atoms with Crippen LogP contribution in [0, 0.1) is 0 Å². The molecule has 0 spiro atoms. The second kappa shape index (κ2) is 42.4. The number of ether oxygens (including phenoxy) is 4. The molecule has 2 aliphatic rings. The number of hydrogen-bond acceptors (Lipinski definition) is 13. The van der Waals surface area contributed by atoms with Crippen molar-refractivity contribution in [2.75, 3.05) is 19.8 Å². The van der Waals surface area contributed by atoms with Crippen LogP contribution in [0.1, 0.15) is 251 Å². The minimum atomic E-state index is -1.78. The number of nitrogens with one attached hydrogen (secondary N) is 1. The monoisotopic (exact) mass is 990 g/mol. The third-order valence-electron chi connectivity index (χ3n) is 14.6. The molecular weight excluding hydrogens is 883 g/mol. The van der Waals surface area contributed by atoms with Gasteiger partial charge in [0.1, 0.15) is 48.8 Å². The first-order valence-electron chi connectivity index (χ1n) is 28.8. The maximum Gasteiger partial charge on any atom is 0.220 e. The van der Waals surface area contributed by atoms with E-state index in [-0.39, 0.29) is 12.5 Å². The van der Waals surface area contributed by atoms with E-state index in [4.69, 9.17) is 18.9 Å². The van der Waals surface area contributed by atoms with Crippen LogP contribution in [0.3, 0.4) is 0 Å². The minimum Gasteiger partial charge on any atom is -0.394 e. The summed E-state index contributed by atoms with van der Waals surface area (Å²) in [7, 11) is 0. The Balaban J connectivity index is 1.76. The molecule has 2 aliphatic heterocycles. The van der Waals surface area contributed by atoms with E-state index in [1.165, 1.54) is 173 Å². The van der Waals surface area contributed by atoms with E-state index >= 15 is 0 Å². The van der Waals surface area contributed by atoms with Crippen LogP contribution in [0.2, 0.25) is 0 Å². The highest BCUT2D eigenvalue weighted by molar-refractivity contribution is 5.76. The average molecular weight is 990 g/mol. The van der Waals surface area contributed by atoms with Gasteiger partial charge in [0.05, 0.1) is 32.0 Å². The fourth-order valence-corrected chi connectivity index (χ4v) is 9.89. The van der Waals surface area contributed by atoms with Crippen molar-refractivity contribution in [2.45, 2.75) is 325 Å². The second-order valence-electron chi connectivity index (χ2n) is 20.8. The summed E-state index contributed by atoms with van der Waals surface area (Å²) in [6.07, 6.45) is 28.1. The van der Waals surface area contributed by atoms with Crippen LogP contribution < -0.4 is 5.32 Å². The van der Waals surface area contributed by atoms with Gasteiger partial charge in [-0.25, -0.2) is 0 Å². The van der Waals surface area contributed by atoms with Gasteiger partial charge >= 0.3 is 0 Å². The highest BCUT2D eigenvalue weighted by Crippen LogP contribution is 2.30. The van der Waals surface area contributed by atoms with Crippen molar-refractivity contribution in [3.05, 3.63) is 0 Å². The number of aliphatic hydroxyl groups is 8. The first kappa shape index (κ1) is 64.1. The van der Waals surface area contributed by atoms with Gasteiger partial charge in [-0.1, -0.05) is 232 Å². The summed E-state index contributed by atoms with van der Waals surface area (Å²) in [5.74, 6) is -0.201. The van der Waals surface area contributed by atoms with Crippen molar-refractivity contribution in [1.82, 2.24) is 5.32 Å². The normalized spacial score (nSPS) is 26.1. The van der Waals surface area contributed by atoms with Gasteiger partial charge in [-0.15, -0.1) is 0 Å². The zero-order valence-electron chi connectivity index (χ0n) is 43.8. The molecule has 9 N–H and O–H groups in total. The summed E-state index contributed by atoms with van der Waals surface area (Å²) in [5.41, 5.74) is 0. The molecule has 4 unspecified atom stereocenters. The van der Waals surface area contributed by atoms with Gasteiger partial charge in [0.25, 0.3) is 0 Å². The highest BCUT2D eigenvalue weighted by atomic mass is 16.7. The molecule has 1 amide bonds. The molecule has 14 heteroatoms. The van der Waals surface area contributed by atoms with Crippen molar-refractivity contribution in [1.29, 1.82) is 0 Å². The van der Waals surface area contributed by atoms with Gasteiger partial charge in [0.2, 0.25) is 5.91 Å². The van der Waals surface area contributed by atoms with Crippen LogP contribution in [0.5, 0.6) is 0 Å². The maximum atomic E-state index is 13.2. The fourth-order valence-electron chi connectivity index (χ4n) is 9.89. The zero-order chi connectivity index (χ0) is 50.3. The Bertz CT molecular complexity index is 1170. The van der Waals surface area contributed by atoms with Crippen LogP contribution in [0.4, 0.5) is 0 Å². The molecule has 0 saturated carbocycles. The summed E-state index contributed by atoms with van der Waals surface area (Å²) in [4.78, 5) is 13.2. The van der Waals surface area contributed by atoms with Crippen molar-refractivity contribution in [3.63, 3.8) is 0 Å². The topological polar surface area (TPSA) is 228 Å². The van der Waals surface area contributed by atoms with Crippen LogP contribution in [-0.4, -0.2) is 140 Å². The first-order valence-corrected chi connectivity index (χ1v) is 28.8. The van der Waals surface area contributed by atoms with E-state index in [0.717, 1.165) is 51.4 Å². The van der Waals surface area contributed by atoms with Gasteiger partial charge in [-0.2, -0.15) is 0 Å². The van der Waals surface area contributed by atoms with Crippen molar-refractivity contribution < 1.29 is 64.6 Å². The standard InChI is InChI=1S/C55H107NO13/c1-3-5-7-9-11-13-15-17-19-20-21-22-23-25-27-29-31-33-35-37-39-47(60)56-43(44(59)38-36-34-32-30-28-26-24-18-16-14-12-10-8-6-4-2)42-66-54-52(65)50(63)53(46(41-58)68-54)69-55-51(64)49(62)48(61)45(40-57)67-55/h43-46,48-55,57-59,61-65H,3-42H2,1-2H3,(H,56,60)/t43-,44+,45+,46+,48-,49?,50?,51?,52?,53+,54+,55-/m0/s1. The third-order valence-corrected chi connectivity index (χ3v) is 14.6. The zero-order valence-corrected chi connectivity index (χ0v) is 43.8. The van der Waals surface area contributed by atoms with Gasteiger partial charge in [-0.3, -0.25) is 4.79 Å². The SMILES string of the molecule is CCCCCCCCCCCCCCCCCCCCCCC(=O)N[C@@H](CO[C@@H]1O[C@H](CO)[C@@H](O[C@@H]2O[C@H](CO)[C@H](O)C(O)C2O)C(O)C1O)[C@H](O)CCCCCCCCCCCCCCCCC. The molecule has 14 nitrogen and oxygen atoms in total. The number of amides is 1. The van der Waals surface area contributed by atoms with E-state index in [1.54, 1.807) is 0 Å². The molecule has 69 heavy (non-hydrogen) atoms. The smallest absolute Gasteiger partial charge is 0.220 e. The predicted octanol–water partition coefficient (Wildman–Crippen LogP) is 8.95. The molecule has 2 rings (SSSR count). The summed E-state index contributed by atoms with van der Waals surface area (Å²) in [6, 6.07) is -0.821. The Hall–Kier alpha value is -1.01. The lowest BCUT2D eigenvalue weighted by molar-refractivity contribution is -0.359. The number of rotatable bonds is 46. The van der Waals surface area contributed by atoms with Crippen LogP contribution in [0.25, 0.3) is 0 Å². The molecule has 0 aromatic rings. The number of aliphatic hydroxyl groups excluding tert-OH is 8. The number of carbonyl (C=O) groups excluding carboxylic acids is 1.